The van der Waals surface area contributed by atoms with Gasteiger partial charge in [0.2, 0.25) is 0 Å². The summed E-state index contributed by atoms with van der Waals surface area (Å²) < 4.78 is 23.5. The number of aryl methyl sites for hydroxylation is 1. The molecule has 0 saturated carbocycles. The Balaban J connectivity index is 2.00. The lowest BCUT2D eigenvalue weighted by atomic mass is 9.96. The van der Waals surface area contributed by atoms with E-state index in [-0.39, 0.29) is 13.2 Å². The lowest BCUT2D eigenvalue weighted by Crippen LogP contribution is -2.29. The molecule has 6 heteroatoms. The van der Waals surface area contributed by atoms with E-state index >= 15 is 0 Å². The predicted octanol–water partition coefficient (Wildman–Crippen LogP) is 1.24. The number of hydrogen-bond donors (Lipinski definition) is 1. The minimum atomic E-state index is -2.90. The number of ether oxygens (including phenoxy) is 1. The van der Waals surface area contributed by atoms with E-state index in [0.717, 1.165) is 5.56 Å². The molecule has 0 bridgehead atoms. The molecule has 0 aliphatic heterocycles. The van der Waals surface area contributed by atoms with Crippen molar-refractivity contribution >= 4 is 29.0 Å². The zero-order chi connectivity index (χ0) is 16.9. The summed E-state index contributed by atoms with van der Waals surface area (Å²) in [5, 5.41) is 9.41. The maximum absolute atomic E-state index is 12.5. The van der Waals surface area contributed by atoms with E-state index in [1.165, 1.54) is 0 Å². The Bertz CT molecular complexity index is 741. The van der Waals surface area contributed by atoms with Crippen molar-refractivity contribution in [3.05, 3.63) is 54.1 Å². The summed E-state index contributed by atoms with van der Waals surface area (Å²) in [6, 6.07) is 14.0. The Kier molecular flexibility index (Phi) is 5.88. The maximum Gasteiger partial charge on any atom is 0.146 e. The molecule has 1 N–H and O–H groups in total. The van der Waals surface area contributed by atoms with Gasteiger partial charge >= 0.3 is 0 Å². The first-order valence-corrected chi connectivity index (χ1v) is 8.77. The summed E-state index contributed by atoms with van der Waals surface area (Å²) in [7, 11) is 2.78. The van der Waals surface area contributed by atoms with Gasteiger partial charge in [0.15, 0.2) is 0 Å². The molecule has 23 heavy (non-hydrogen) atoms. The Labute approximate surface area is 138 Å². The Morgan fingerprint density at radius 2 is 1.96 bits per heavy atom. The van der Waals surface area contributed by atoms with Crippen molar-refractivity contribution in [3.63, 3.8) is 0 Å². The van der Waals surface area contributed by atoms with Crippen molar-refractivity contribution in [1.29, 1.82) is 0 Å². The standard InChI is InChI=1S/C17H19BO4S/c1-13-6-8-17(9-7-13)23(2,20)21-12-16(11-19)22-15-5-3-4-14(18)10-15/h3-10,16,19H,2,11-12H2,1H3. The van der Waals surface area contributed by atoms with Crippen molar-refractivity contribution in [2.24, 2.45) is 0 Å². The second kappa shape index (κ2) is 7.68. The fourth-order valence-electron chi connectivity index (χ4n) is 1.90. The van der Waals surface area contributed by atoms with Crippen molar-refractivity contribution in [2.75, 3.05) is 13.2 Å². The molecule has 0 spiro atoms. The first-order valence-electron chi connectivity index (χ1n) is 7.12. The SMILES string of the molecule is [B]c1cccc(OC(CO)COS(=C)(=O)c2ccc(C)cc2)c1. The Morgan fingerprint density at radius 1 is 1.26 bits per heavy atom. The minimum Gasteiger partial charge on any atom is -0.486 e. The van der Waals surface area contributed by atoms with Gasteiger partial charge in [-0.3, -0.25) is 4.18 Å². The monoisotopic (exact) mass is 330 g/mol. The molecule has 0 aromatic heterocycles. The normalized spacial score (nSPS) is 14.9. The summed E-state index contributed by atoms with van der Waals surface area (Å²) in [6.45, 7) is 1.61. The van der Waals surface area contributed by atoms with Gasteiger partial charge in [0.1, 0.15) is 36.1 Å². The first kappa shape index (κ1) is 17.6. The molecule has 0 heterocycles. The van der Waals surface area contributed by atoms with Crippen LogP contribution in [-0.2, 0) is 14.0 Å². The molecule has 120 valence electrons. The largest absolute Gasteiger partial charge is 0.486 e. The second-order valence-corrected chi connectivity index (χ2v) is 7.14. The number of aliphatic hydroxyl groups is 1. The Hall–Kier alpha value is -1.76. The molecule has 2 aromatic carbocycles. The van der Waals surface area contributed by atoms with Gasteiger partial charge in [-0.1, -0.05) is 35.3 Å². The highest BCUT2D eigenvalue weighted by Gasteiger charge is 2.15. The van der Waals surface area contributed by atoms with E-state index in [0.29, 0.717) is 16.1 Å². The van der Waals surface area contributed by atoms with Crippen LogP contribution in [0.25, 0.3) is 0 Å². The second-order valence-electron chi connectivity index (χ2n) is 5.21. The third-order valence-corrected chi connectivity index (χ3v) is 4.70. The van der Waals surface area contributed by atoms with E-state index in [1.807, 2.05) is 19.1 Å². The lowest BCUT2D eigenvalue weighted by Gasteiger charge is -2.19. The van der Waals surface area contributed by atoms with E-state index < -0.39 is 15.9 Å². The zero-order valence-corrected chi connectivity index (χ0v) is 13.8. The number of rotatable bonds is 7. The number of benzene rings is 2. The molecular formula is C17H19BO4S. The molecule has 2 radical (unpaired) electrons. The molecule has 2 unspecified atom stereocenters. The average molecular weight is 330 g/mol. The molecule has 0 saturated heterocycles. The van der Waals surface area contributed by atoms with Crippen LogP contribution in [-0.4, -0.2) is 42.3 Å². The summed E-state index contributed by atoms with van der Waals surface area (Å²) in [5.41, 5.74) is 1.61. The van der Waals surface area contributed by atoms with Crippen LogP contribution in [0.1, 0.15) is 5.56 Å². The van der Waals surface area contributed by atoms with Crippen LogP contribution < -0.4 is 10.2 Å². The molecule has 2 atom stereocenters. The highest BCUT2D eigenvalue weighted by Crippen LogP contribution is 2.15. The van der Waals surface area contributed by atoms with E-state index in [9.17, 15) is 9.32 Å². The topological polar surface area (TPSA) is 55.8 Å². The third kappa shape index (κ3) is 5.13. The summed E-state index contributed by atoms with van der Waals surface area (Å²) in [5.74, 6) is 4.16. The van der Waals surface area contributed by atoms with Gasteiger partial charge in [-0.25, -0.2) is 4.21 Å². The molecular weight excluding hydrogens is 311 g/mol. The summed E-state index contributed by atoms with van der Waals surface area (Å²) >= 11 is 0. The van der Waals surface area contributed by atoms with Gasteiger partial charge in [-0.05, 0) is 37.1 Å². The van der Waals surface area contributed by atoms with Crippen LogP contribution in [0.4, 0.5) is 0 Å². The molecule has 2 rings (SSSR count). The highest BCUT2D eigenvalue weighted by molar-refractivity contribution is 7.96. The lowest BCUT2D eigenvalue weighted by molar-refractivity contribution is 0.0764. The summed E-state index contributed by atoms with van der Waals surface area (Å²) in [6.07, 6.45) is -0.662. The van der Waals surface area contributed by atoms with Crippen molar-refractivity contribution in [3.8, 4) is 5.75 Å². The van der Waals surface area contributed by atoms with Crippen LogP contribution in [0, 0.1) is 6.92 Å². The van der Waals surface area contributed by atoms with Gasteiger partial charge in [-0.15, -0.1) is 0 Å². The highest BCUT2D eigenvalue weighted by atomic mass is 32.2. The molecule has 2 aromatic rings. The molecule has 4 nitrogen and oxygen atoms in total. The van der Waals surface area contributed by atoms with E-state index in [2.05, 4.69) is 5.87 Å². The molecule has 0 amide bonds. The van der Waals surface area contributed by atoms with Crippen LogP contribution in [0.15, 0.2) is 53.4 Å². The van der Waals surface area contributed by atoms with Crippen LogP contribution in [0.5, 0.6) is 5.75 Å². The first-order chi connectivity index (χ1) is 10.9. The van der Waals surface area contributed by atoms with Gasteiger partial charge < -0.3 is 9.84 Å². The molecule has 0 aliphatic rings. The third-order valence-electron chi connectivity index (χ3n) is 3.19. The van der Waals surface area contributed by atoms with E-state index in [1.54, 1.807) is 36.4 Å². The number of hydrogen-bond acceptors (Lipinski definition) is 4. The maximum atomic E-state index is 12.5. The van der Waals surface area contributed by atoms with Gasteiger partial charge in [0, 0.05) is 0 Å². The van der Waals surface area contributed by atoms with Crippen LogP contribution in [0.3, 0.4) is 0 Å². The van der Waals surface area contributed by atoms with Crippen molar-refractivity contribution in [1.82, 2.24) is 0 Å². The van der Waals surface area contributed by atoms with Crippen molar-refractivity contribution < 1.29 is 18.2 Å². The van der Waals surface area contributed by atoms with Crippen molar-refractivity contribution in [2.45, 2.75) is 17.9 Å². The summed E-state index contributed by atoms with van der Waals surface area (Å²) in [4.78, 5) is 0.503. The van der Waals surface area contributed by atoms with Gasteiger partial charge in [0.05, 0.1) is 11.5 Å². The molecule has 0 aliphatic carbocycles. The van der Waals surface area contributed by atoms with Gasteiger partial charge in [0.25, 0.3) is 0 Å². The molecule has 0 fully saturated rings. The quantitative estimate of drug-likeness (QED) is 0.613. The minimum absolute atomic E-state index is 0.0541. The van der Waals surface area contributed by atoms with E-state index in [4.69, 9.17) is 16.8 Å². The zero-order valence-electron chi connectivity index (χ0n) is 13.0. The average Bonchev–Trinajstić information content (AvgIpc) is 2.52. The smallest absolute Gasteiger partial charge is 0.146 e. The predicted molar refractivity (Wildman–Crippen MR) is 94.0 cm³/mol. The van der Waals surface area contributed by atoms with Gasteiger partial charge in [-0.2, -0.15) is 0 Å². The fourth-order valence-corrected chi connectivity index (χ4v) is 2.96. The van der Waals surface area contributed by atoms with Crippen LogP contribution >= 0.6 is 0 Å². The fraction of sp³-hybridized carbons (Fsp3) is 0.235. The van der Waals surface area contributed by atoms with Crippen LogP contribution in [0.2, 0.25) is 0 Å². The number of aliphatic hydroxyl groups excluding tert-OH is 1. The Morgan fingerprint density at radius 3 is 2.57 bits per heavy atom.